The van der Waals surface area contributed by atoms with E-state index in [1.807, 2.05) is 25.1 Å². The maximum atomic E-state index is 12.7. The third kappa shape index (κ3) is 3.22. The number of amides is 1. The molecule has 2 aromatic rings. The van der Waals surface area contributed by atoms with Gasteiger partial charge in [0.25, 0.3) is 5.91 Å². The highest BCUT2D eigenvalue weighted by molar-refractivity contribution is 7.91. The molecule has 128 valence electrons. The van der Waals surface area contributed by atoms with Crippen LogP contribution in [0.4, 0.5) is 0 Å². The molecule has 1 aromatic carbocycles. The highest BCUT2D eigenvalue weighted by Gasteiger charge is 2.40. The van der Waals surface area contributed by atoms with Crippen molar-refractivity contribution in [3.8, 4) is 11.3 Å². The largest absolute Gasteiger partial charge is 0.461 e. The first kappa shape index (κ1) is 16.7. The van der Waals surface area contributed by atoms with Crippen LogP contribution in [0.2, 0.25) is 0 Å². The second-order valence-electron chi connectivity index (χ2n) is 6.12. The second kappa shape index (κ2) is 6.07. The first-order valence-corrected chi connectivity index (χ1v) is 9.41. The minimum absolute atomic E-state index is 0.215. The highest BCUT2D eigenvalue weighted by Crippen LogP contribution is 2.24. The number of rotatable bonds is 3. The van der Waals surface area contributed by atoms with Crippen molar-refractivity contribution < 1.29 is 22.7 Å². The number of carbonyl (C=O) groups excluding carboxylic acids is 1. The van der Waals surface area contributed by atoms with Gasteiger partial charge in [-0.2, -0.15) is 0 Å². The van der Waals surface area contributed by atoms with Gasteiger partial charge in [0.2, 0.25) is 0 Å². The monoisotopic (exact) mass is 349 g/mol. The first-order valence-electron chi connectivity index (χ1n) is 7.59. The zero-order valence-electron chi connectivity index (χ0n) is 13.5. The van der Waals surface area contributed by atoms with E-state index in [1.54, 1.807) is 18.2 Å². The van der Waals surface area contributed by atoms with Crippen molar-refractivity contribution in [3.63, 3.8) is 0 Å². The third-order valence-corrected chi connectivity index (χ3v) is 5.94. The molecule has 1 amide bonds. The molecule has 1 N–H and O–H groups in total. The zero-order valence-corrected chi connectivity index (χ0v) is 14.3. The fourth-order valence-electron chi connectivity index (χ4n) is 2.93. The molecule has 0 saturated carbocycles. The Balaban J connectivity index is 1.85. The van der Waals surface area contributed by atoms with Gasteiger partial charge in [0.05, 0.1) is 23.7 Å². The van der Waals surface area contributed by atoms with E-state index in [-0.39, 0.29) is 17.4 Å². The summed E-state index contributed by atoms with van der Waals surface area (Å²) in [7, 11) is -1.80. The van der Waals surface area contributed by atoms with Crippen molar-refractivity contribution in [1.82, 2.24) is 4.90 Å². The van der Waals surface area contributed by atoms with Gasteiger partial charge in [0, 0.05) is 18.2 Å². The summed E-state index contributed by atoms with van der Waals surface area (Å²) >= 11 is 0. The van der Waals surface area contributed by atoms with Crippen LogP contribution in [0, 0.1) is 6.92 Å². The van der Waals surface area contributed by atoms with Gasteiger partial charge in [0.15, 0.2) is 9.84 Å². The van der Waals surface area contributed by atoms with Crippen LogP contribution in [0.5, 0.6) is 0 Å². The Bertz CT molecular complexity index is 871. The SMILES string of the molecule is Cc1ccc(-c2cccc(C(=O)N(C)[C@@H]3CS(=O)(=O)C[C@H]3O)c2)o1. The van der Waals surface area contributed by atoms with Crippen molar-refractivity contribution in [3.05, 3.63) is 47.7 Å². The summed E-state index contributed by atoms with van der Waals surface area (Å²) in [5.74, 6) is 0.585. The normalized spacial score (nSPS) is 22.5. The fourth-order valence-corrected chi connectivity index (χ4v) is 4.77. The van der Waals surface area contributed by atoms with E-state index in [0.29, 0.717) is 11.3 Å². The van der Waals surface area contributed by atoms with E-state index < -0.39 is 22.0 Å². The van der Waals surface area contributed by atoms with Crippen molar-refractivity contribution in [1.29, 1.82) is 0 Å². The number of aryl methyl sites for hydroxylation is 1. The molecule has 1 aromatic heterocycles. The van der Waals surface area contributed by atoms with Crippen LogP contribution in [0.3, 0.4) is 0 Å². The first-order chi connectivity index (χ1) is 11.3. The van der Waals surface area contributed by atoms with Gasteiger partial charge in [-0.05, 0) is 31.2 Å². The van der Waals surface area contributed by atoms with Crippen molar-refractivity contribution in [2.24, 2.45) is 0 Å². The lowest BCUT2D eigenvalue weighted by Crippen LogP contribution is -2.44. The molecule has 24 heavy (non-hydrogen) atoms. The summed E-state index contributed by atoms with van der Waals surface area (Å²) in [6, 6.07) is 9.89. The van der Waals surface area contributed by atoms with E-state index in [4.69, 9.17) is 4.42 Å². The molecule has 0 radical (unpaired) electrons. The van der Waals surface area contributed by atoms with Gasteiger partial charge in [-0.3, -0.25) is 4.79 Å². The second-order valence-corrected chi connectivity index (χ2v) is 8.27. The number of hydrogen-bond donors (Lipinski definition) is 1. The average molecular weight is 349 g/mol. The molecule has 2 heterocycles. The van der Waals surface area contributed by atoms with Gasteiger partial charge < -0.3 is 14.4 Å². The summed E-state index contributed by atoms with van der Waals surface area (Å²) in [6.45, 7) is 1.84. The lowest BCUT2D eigenvalue weighted by Gasteiger charge is -2.26. The molecule has 0 unspecified atom stereocenters. The van der Waals surface area contributed by atoms with Crippen LogP contribution in [0.1, 0.15) is 16.1 Å². The van der Waals surface area contributed by atoms with Crippen molar-refractivity contribution in [2.45, 2.75) is 19.1 Å². The van der Waals surface area contributed by atoms with E-state index in [2.05, 4.69) is 0 Å². The molecule has 1 fully saturated rings. The average Bonchev–Trinajstić information content (AvgIpc) is 3.08. The Morgan fingerprint density at radius 1 is 1.25 bits per heavy atom. The Morgan fingerprint density at radius 2 is 2.00 bits per heavy atom. The molecular weight excluding hydrogens is 330 g/mol. The van der Waals surface area contributed by atoms with Crippen LogP contribution in [-0.2, 0) is 9.84 Å². The van der Waals surface area contributed by atoms with E-state index in [0.717, 1.165) is 11.3 Å². The molecule has 3 rings (SSSR count). The number of carbonyl (C=O) groups is 1. The number of likely N-dealkylation sites (N-methyl/N-ethyl adjacent to an activating group) is 1. The van der Waals surface area contributed by atoms with Crippen LogP contribution >= 0.6 is 0 Å². The van der Waals surface area contributed by atoms with Gasteiger partial charge >= 0.3 is 0 Å². The Kier molecular flexibility index (Phi) is 4.23. The van der Waals surface area contributed by atoms with Crippen LogP contribution in [0.25, 0.3) is 11.3 Å². The molecular formula is C17H19NO5S. The molecule has 0 aliphatic carbocycles. The molecule has 1 aliphatic heterocycles. The van der Waals surface area contributed by atoms with Crippen LogP contribution in [0.15, 0.2) is 40.8 Å². The molecule has 1 saturated heterocycles. The number of benzene rings is 1. The standard InChI is InChI=1S/C17H19NO5S/c1-11-6-7-16(23-11)12-4-3-5-13(8-12)17(20)18(2)14-9-24(21,22)10-15(14)19/h3-8,14-15,19H,9-10H2,1-2H3/t14-,15-/m1/s1. The predicted molar refractivity (Wildman–Crippen MR) is 89.4 cm³/mol. The Morgan fingerprint density at radius 3 is 2.58 bits per heavy atom. The fraction of sp³-hybridized carbons (Fsp3) is 0.353. The highest BCUT2D eigenvalue weighted by atomic mass is 32.2. The van der Waals surface area contributed by atoms with Gasteiger partial charge in [0.1, 0.15) is 11.5 Å². The minimum Gasteiger partial charge on any atom is -0.461 e. The molecule has 0 bridgehead atoms. The smallest absolute Gasteiger partial charge is 0.253 e. The number of aliphatic hydroxyl groups is 1. The van der Waals surface area contributed by atoms with E-state index in [1.165, 1.54) is 11.9 Å². The molecule has 0 spiro atoms. The molecule has 6 nitrogen and oxygen atoms in total. The summed E-state index contributed by atoms with van der Waals surface area (Å²) in [4.78, 5) is 14.0. The molecule has 7 heteroatoms. The predicted octanol–water partition coefficient (Wildman–Crippen LogP) is 1.48. The van der Waals surface area contributed by atoms with E-state index >= 15 is 0 Å². The third-order valence-electron chi connectivity index (χ3n) is 4.25. The summed E-state index contributed by atoms with van der Waals surface area (Å²) in [5.41, 5.74) is 1.18. The van der Waals surface area contributed by atoms with E-state index in [9.17, 15) is 18.3 Å². The maximum Gasteiger partial charge on any atom is 0.253 e. The zero-order chi connectivity index (χ0) is 17.5. The van der Waals surface area contributed by atoms with Crippen LogP contribution < -0.4 is 0 Å². The van der Waals surface area contributed by atoms with Gasteiger partial charge in [-0.25, -0.2) is 8.42 Å². The lowest BCUT2D eigenvalue weighted by molar-refractivity contribution is 0.0581. The molecule has 2 atom stereocenters. The maximum absolute atomic E-state index is 12.7. The minimum atomic E-state index is -3.31. The topological polar surface area (TPSA) is 87.8 Å². The summed E-state index contributed by atoms with van der Waals surface area (Å²) in [5, 5.41) is 9.94. The quantitative estimate of drug-likeness (QED) is 0.907. The molecule has 1 aliphatic rings. The Labute approximate surface area is 140 Å². The number of nitrogens with zero attached hydrogens (tertiary/aromatic N) is 1. The van der Waals surface area contributed by atoms with Gasteiger partial charge in [-0.15, -0.1) is 0 Å². The number of hydrogen-bond acceptors (Lipinski definition) is 5. The Hall–Kier alpha value is -2.12. The van der Waals surface area contributed by atoms with Gasteiger partial charge in [-0.1, -0.05) is 12.1 Å². The van der Waals surface area contributed by atoms with Crippen LogP contribution in [-0.4, -0.2) is 55.0 Å². The van der Waals surface area contributed by atoms with Crippen molar-refractivity contribution in [2.75, 3.05) is 18.6 Å². The summed E-state index contributed by atoms with van der Waals surface area (Å²) < 4.78 is 28.9. The number of furan rings is 1. The number of aliphatic hydroxyl groups excluding tert-OH is 1. The lowest BCUT2D eigenvalue weighted by atomic mass is 10.1. The number of sulfone groups is 1. The summed E-state index contributed by atoms with van der Waals surface area (Å²) in [6.07, 6.45) is -1.06. The van der Waals surface area contributed by atoms with Crippen molar-refractivity contribution >= 4 is 15.7 Å².